The van der Waals surface area contributed by atoms with Gasteiger partial charge in [-0.3, -0.25) is 9.69 Å². The van der Waals surface area contributed by atoms with Gasteiger partial charge in [0.1, 0.15) is 0 Å². The molecule has 3 nitrogen and oxygen atoms in total. The van der Waals surface area contributed by atoms with E-state index >= 15 is 0 Å². The maximum atomic E-state index is 11.3. The maximum Gasteiger partial charge on any atom is 0.308 e. The first-order valence-electron chi connectivity index (χ1n) is 7.60. The summed E-state index contributed by atoms with van der Waals surface area (Å²) in [5, 5.41) is 9.34. The first kappa shape index (κ1) is 12.5. The summed E-state index contributed by atoms with van der Waals surface area (Å²) in [6.07, 6.45) is 7.20. The van der Waals surface area contributed by atoms with Crippen LogP contribution in [0.15, 0.2) is 0 Å². The Kier molecular flexibility index (Phi) is 3.13. The Morgan fingerprint density at radius 3 is 2.56 bits per heavy atom. The van der Waals surface area contributed by atoms with Gasteiger partial charge in [0.15, 0.2) is 0 Å². The van der Waals surface area contributed by atoms with E-state index in [0.717, 1.165) is 24.7 Å². The predicted octanol–water partition coefficient (Wildman–Crippen LogP) is 2.75. The lowest BCUT2D eigenvalue weighted by Crippen LogP contribution is -2.47. The van der Waals surface area contributed by atoms with E-state index in [9.17, 15) is 9.90 Å². The number of nitrogens with zero attached hydrogens (tertiary/aromatic N) is 1. The van der Waals surface area contributed by atoms with Gasteiger partial charge >= 0.3 is 5.97 Å². The van der Waals surface area contributed by atoms with Crippen LogP contribution in [0.5, 0.6) is 0 Å². The van der Waals surface area contributed by atoms with E-state index in [0.29, 0.717) is 18.1 Å². The molecule has 3 heteroatoms. The summed E-state index contributed by atoms with van der Waals surface area (Å²) >= 11 is 0. The standard InChI is InChI=1S/C15H25NO2/c1-9-4-3-5-13(10(9)2)16-11-6-7-14(16)12(8-11)15(17)18/h9-14H,3-8H2,1-2H3,(H,17,18). The third-order valence-electron chi connectivity index (χ3n) is 5.95. The van der Waals surface area contributed by atoms with E-state index in [2.05, 4.69) is 18.7 Å². The molecule has 1 saturated carbocycles. The highest BCUT2D eigenvalue weighted by atomic mass is 16.4. The number of carboxylic acids is 1. The lowest BCUT2D eigenvalue weighted by molar-refractivity contribution is -0.142. The Morgan fingerprint density at radius 1 is 1.11 bits per heavy atom. The Balaban J connectivity index is 1.79. The van der Waals surface area contributed by atoms with Gasteiger partial charge in [0, 0.05) is 18.1 Å². The molecule has 2 aliphatic heterocycles. The minimum absolute atomic E-state index is 0.0896. The minimum Gasteiger partial charge on any atom is -0.481 e. The van der Waals surface area contributed by atoms with Gasteiger partial charge in [0.05, 0.1) is 5.92 Å². The molecule has 2 bridgehead atoms. The van der Waals surface area contributed by atoms with Crippen LogP contribution in [-0.2, 0) is 4.79 Å². The number of hydrogen-bond acceptors (Lipinski definition) is 2. The van der Waals surface area contributed by atoms with Crippen molar-refractivity contribution >= 4 is 5.97 Å². The van der Waals surface area contributed by atoms with Crippen molar-refractivity contribution in [3.05, 3.63) is 0 Å². The second-order valence-corrected chi connectivity index (χ2v) is 6.76. The number of fused-ring (bicyclic) bond motifs is 2. The van der Waals surface area contributed by atoms with Gasteiger partial charge in [-0.25, -0.2) is 0 Å². The van der Waals surface area contributed by atoms with Crippen LogP contribution in [0, 0.1) is 17.8 Å². The van der Waals surface area contributed by atoms with E-state index in [4.69, 9.17) is 0 Å². The highest BCUT2D eigenvalue weighted by molar-refractivity contribution is 5.71. The first-order chi connectivity index (χ1) is 8.59. The summed E-state index contributed by atoms with van der Waals surface area (Å²) < 4.78 is 0. The van der Waals surface area contributed by atoms with Crippen LogP contribution >= 0.6 is 0 Å². The molecule has 0 amide bonds. The summed E-state index contributed by atoms with van der Waals surface area (Å²) in [5.74, 6) is 0.873. The molecular weight excluding hydrogens is 226 g/mol. The fourth-order valence-corrected chi connectivity index (χ4v) is 4.79. The second-order valence-electron chi connectivity index (χ2n) is 6.76. The van der Waals surface area contributed by atoms with E-state index in [1.165, 1.54) is 25.7 Å². The van der Waals surface area contributed by atoms with Crippen LogP contribution in [-0.4, -0.2) is 34.1 Å². The molecule has 2 heterocycles. The molecule has 3 fully saturated rings. The number of carboxylic acid groups (broad SMARTS) is 1. The molecule has 0 aromatic carbocycles. The number of aliphatic carboxylic acids is 1. The summed E-state index contributed by atoms with van der Waals surface area (Å²) in [5.41, 5.74) is 0. The van der Waals surface area contributed by atoms with Gasteiger partial charge in [-0.1, -0.05) is 26.7 Å². The first-order valence-corrected chi connectivity index (χ1v) is 7.60. The van der Waals surface area contributed by atoms with E-state index in [-0.39, 0.29) is 5.92 Å². The fourth-order valence-electron chi connectivity index (χ4n) is 4.79. The summed E-state index contributed by atoms with van der Waals surface area (Å²) in [7, 11) is 0. The number of hydrogen-bond donors (Lipinski definition) is 1. The van der Waals surface area contributed by atoms with Crippen molar-refractivity contribution in [3.63, 3.8) is 0 Å². The molecule has 2 saturated heterocycles. The van der Waals surface area contributed by atoms with Gasteiger partial charge < -0.3 is 5.11 Å². The second kappa shape index (κ2) is 4.52. The van der Waals surface area contributed by atoms with Crippen LogP contribution in [0.2, 0.25) is 0 Å². The smallest absolute Gasteiger partial charge is 0.308 e. The van der Waals surface area contributed by atoms with Crippen molar-refractivity contribution in [2.45, 2.75) is 70.5 Å². The average Bonchev–Trinajstić information content (AvgIpc) is 2.90. The van der Waals surface area contributed by atoms with Crippen LogP contribution < -0.4 is 0 Å². The highest BCUT2D eigenvalue weighted by Crippen LogP contribution is 2.47. The topological polar surface area (TPSA) is 40.5 Å². The Morgan fingerprint density at radius 2 is 1.89 bits per heavy atom. The molecule has 0 aromatic rings. The van der Waals surface area contributed by atoms with E-state index < -0.39 is 5.97 Å². The van der Waals surface area contributed by atoms with Gasteiger partial charge in [-0.15, -0.1) is 0 Å². The van der Waals surface area contributed by atoms with Gasteiger partial charge in [0.25, 0.3) is 0 Å². The fraction of sp³-hybridized carbons (Fsp3) is 0.933. The van der Waals surface area contributed by atoms with Crippen LogP contribution in [0.1, 0.15) is 52.4 Å². The monoisotopic (exact) mass is 251 g/mol. The van der Waals surface area contributed by atoms with Crippen LogP contribution in [0.25, 0.3) is 0 Å². The van der Waals surface area contributed by atoms with Crippen molar-refractivity contribution < 1.29 is 9.90 Å². The molecule has 102 valence electrons. The van der Waals surface area contributed by atoms with Gasteiger partial charge in [0.2, 0.25) is 0 Å². The normalized spacial score (nSPS) is 48.6. The van der Waals surface area contributed by atoms with Crippen molar-refractivity contribution in [1.29, 1.82) is 0 Å². The molecule has 0 aromatic heterocycles. The van der Waals surface area contributed by atoms with E-state index in [1.807, 2.05) is 0 Å². The zero-order chi connectivity index (χ0) is 12.9. The Hall–Kier alpha value is -0.570. The minimum atomic E-state index is -0.566. The van der Waals surface area contributed by atoms with E-state index in [1.54, 1.807) is 0 Å². The average molecular weight is 251 g/mol. The molecule has 0 spiro atoms. The van der Waals surface area contributed by atoms with Crippen molar-refractivity contribution in [2.75, 3.05) is 0 Å². The molecule has 18 heavy (non-hydrogen) atoms. The summed E-state index contributed by atoms with van der Waals surface area (Å²) in [6, 6.07) is 1.55. The third-order valence-corrected chi connectivity index (χ3v) is 5.95. The zero-order valence-corrected chi connectivity index (χ0v) is 11.5. The van der Waals surface area contributed by atoms with Crippen molar-refractivity contribution in [2.24, 2.45) is 17.8 Å². The largest absolute Gasteiger partial charge is 0.481 e. The molecule has 6 unspecified atom stereocenters. The van der Waals surface area contributed by atoms with Crippen molar-refractivity contribution in [1.82, 2.24) is 4.90 Å². The van der Waals surface area contributed by atoms with Crippen molar-refractivity contribution in [3.8, 4) is 0 Å². The molecule has 6 atom stereocenters. The van der Waals surface area contributed by atoms with Crippen LogP contribution in [0.3, 0.4) is 0 Å². The lowest BCUT2D eigenvalue weighted by Gasteiger charge is -2.42. The number of rotatable bonds is 2. The molecule has 1 N–H and O–H groups in total. The van der Waals surface area contributed by atoms with Gasteiger partial charge in [-0.05, 0) is 37.5 Å². The molecule has 3 rings (SSSR count). The molecular formula is C15H25NO2. The summed E-state index contributed by atoms with van der Waals surface area (Å²) in [6.45, 7) is 4.74. The zero-order valence-electron chi connectivity index (χ0n) is 11.5. The molecule has 3 aliphatic rings. The molecule has 1 aliphatic carbocycles. The van der Waals surface area contributed by atoms with Gasteiger partial charge in [-0.2, -0.15) is 0 Å². The summed E-state index contributed by atoms with van der Waals surface area (Å²) in [4.78, 5) is 14.0. The lowest BCUT2D eigenvalue weighted by atomic mass is 9.77. The quantitative estimate of drug-likeness (QED) is 0.820. The predicted molar refractivity (Wildman–Crippen MR) is 70.4 cm³/mol. The Bertz CT molecular complexity index is 343. The molecule has 0 radical (unpaired) electrons. The number of carbonyl (C=O) groups is 1. The SMILES string of the molecule is CC1CCCC(N2C3CCC2C(C(=O)O)C3)C1C. The maximum absolute atomic E-state index is 11.3. The Labute approximate surface area is 110 Å². The third kappa shape index (κ3) is 1.78. The highest BCUT2D eigenvalue weighted by Gasteiger charge is 2.52. The van der Waals surface area contributed by atoms with Crippen LogP contribution in [0.4, 0.5) is 0 Å².